The maximum absolute atomic E-state index is 13.7. The van der Waals surface area contributed by atoms with Crippen molar-refractivity contribution >= 4 is 17.8 Å². The Morgan fingerprint density at radius 2 is 1.51 bits per heavy atom. The lowest BCUT2D eigenvalue weighted by Crippen LogP contribution is -2.64. The minimum atomic E-state index is -4.86. The van der Waals surface area contributed by atoms with Gasteiger partial charge in [-0.3, -0.25) is 14.9 Å². The van der Waals surface area contributed by atoms with Crippen LogP contribution in [0.1, 0.15) is 36.8 Å². The number of carbonyl (C=O) groups excluding carboxylic acids is 3. The highest BCUT2D eigenvalue weighted by molar-refractivity contribution is 5.91. The zero-order chi connectivity index (χ0) is 25.3. The summed E-state index contributed by atoms with van der Waals surface area (Å²) in [5.74, 6) is -2.97. The molecule has 1 aliphatic heterocycles. The summed E-state index contributed by atoms with van der Waals surface area (Å²) in [6, 6.07) is 16.1. The molecule has 1 heterocycles. The van der Waals surface area contributed by atoms with E-state index in [0.29, 0.717) is 5.56 Å². The van der Waals surface area contributed by atoms with Gasteiger partial charge in [-0.1, -0.05) is 60.7 Å². The maximum atomic E-state index is 13.7. The number of ether oxygens (including phenoxy) is 2. The van der Waals surface area contributed by atoms with E-state index in [1.165, 1.54) is 0 Å². The van der Waals surface area contributed by atoms with Crippen LogP contribution in [0.15, 0.2) is 60.7 Å². The van der Waals surface area contributed by atoms with Gasteiger partial charge in [-0.25, -0.2) is 4.79 Å². The molecule has 1 amide bonds. The molecule has 1 aliphatic rings. The second-order valence-corrected chi connectivity index (χ2v) is 8.24. The average molecular weight is 492 g/mol. The smallest absolute Gasteiger partial charge is 0.415 e. The van der Waals surface area contributed by atoms with Crippen LogP contribution in [-0.2, 0) is 37.1 Å². The molecule has 0 bridgehead atoms. The SMILES string of the molecule is O=C(CC[C@H](NC(=O)[C@@]1(C(F)(F)F)CCCN1)C(=O)OCc1ccccc1)OCc1ccccc1. The molecule has 0 spiro atoms. The molecule has 188 valence electrons. The van der Waals surface area contributed by atoms with E-state index in [9.17, 15) is 27.6 Å². The number of carbonyl (C=O) groups is 3. The molecular formula is C25H27F3N2O5. The first-order chi connectivity index (χ1) is 16.7. The Bertz CT molecular complexity index is 993. The highest BCUT2D eigenvalue weighted by Gasteiger charge is 2.61. The van der Waals surface area contributed by atoms with Gasteiger partial charge in [-0.15, -0.1) is 0 Å². The third-order valence-corrected chi connectivity index (χ3v) is 5.72. The van der Waals surface area contributed by atoms with Crippen LogP contribution in [0.2, 0.25) is 0 Å². The lowest BCUT2D eigenvalue weighted by atomic mass is 9.94. The Morgan fingerprint density at radius 1 is 0.943 bits per heavy atom. The van der Waals surface area contributed by atoms with E-state index in [2.05, 4.69) is 10.6 Å². The van der Waals surface area contributed by atoms with Gasteiger partial charge in [0.15, 0.2) is 5.54 Å². The second-order valence-electron chi connectivity index (χ2n) is 8.24. The van der Waals surface area contributed by atoms with Crippen molar-refractivity contribution in [2.24, 2.45) is 0 Å². The molecule has 2 N–H and O–H groups in total. The molecular weight excluding hydrogens is 465 g/mol. The molecule has 35 heavy (non-hydrogen) atoms. The lowest BCUT2D eigenvalue weighted by molar-refractivity contribution is -0.197. The van der Waals surface area contributed by atoms with Crippen LogP contribution in [0.5, 0.6) is 0 Å². The number of halogens is 3. The number of benzene rings is 2. The standard InChI is InChI=1S/C25H27F3N2O5/c26-25(27,28)24(14-7-15-29-24)23(33)30-20(22(32)35-17-19-10-5-2-6-11-19)12-13-21(31)34-16-18-8-3-1-4-9-18/h1-6,8-11,20,29H,7,12-17H2,(H,30,33)/t20-,24+/m0/s1. The van der Waals surface area contributed by atoms with Gasteiger partial charge in [0.1, 0.15) is 19.3 Å². The molecule has 2 atom stereocenters. The van der Waals surface area contributed by atoms with Crippen molar-refractivity contribution in [1.82, 2.24) is 10.6 Å². The molecule has 10 heteroatoms. The van der Waals surface area contributed by atoms with Gasteiger partial charge in [0.05, 0.1) is 0 Å². The Kier molecular flexibility index (Phi) is 8.86. The van der Waals surface area contributed by atoms with Gasteiger partial charge >= 0.3 is 18.1 Å². The largest absolute Gasteiger partial charge is 0.461 e. The van der Waals surface area contributed by atoms with Crippen molar-refractivity contribution in [3.8, 4) is 0 Å². The van der Waals surface area contributed by atoms with E-state index in [1.54, 1.807) is 54.6 Å². The Labute approximate surface area is 201 Å². The third kappa shape index (κ3) is 7.05. The summed E-state index contributed by atoms with van der Waals surface area (Å²) < 4.78 is 51.6. The van der Waals surface area contributed by atoms with Crippen LogP contribution in [0.25, 0.3) is 0 Å². The van der Waals surface area contributed by atoms with Gasteiger partial charge < -0.3 is 14.8 Å². The first-order valence-corrected chi connectivity index (χ1v) is 11.2. The predicted molar refractivity (Wildman–Crippen MR) is 120 cm³/mol. The van der Waals surface area contributed by atoms with E-state index in [-0.39, 0.29) is 39.0 Å². The first-order valence-electron chi connectivity index (χ1n) is 11.2. The van der Waals surface area contributed by atoms with Crippen LogP contribution >= 0.6 is 0 Å². The number of alkyl halides is 3. The number of hydrogen-bond acceptors (Lipinski definition) is 6. The maximum Gasteiger partial charge on any atom is 0.415 e. The van der Waals surface area contributed by atoms with Gasteiger partial charge in [-0.05, 0) is 36.9 Å². The first kappa shape index (κ1) is 26.2. The highest BCUT2D eigenvalue weighted by atomic mass is 19.4. The van der Waals surface area contributed by atoms with Crippen molar-refractivity contribution in [1.29, 1.82) is 0 Å². The fourth-order valence-corrected chi connectivity index (χ4v) is 3.74. The van der Waals surface area contributed by atoms with Gasteiger partial charge in [0.25, 0.3) is 0 Å². The molecule has 1 saturated heterocycles. The van der Waals surface area contributed by atoms with Crippen molar-refractivity contribution in [3.05, 3.63) is 71.8 Å². The molecule has 0 aromatic heterocycles. The van der Waals surface area contributed by atoms with E-state index in [1.807, 2.05) is 6.07 Å². The summed E-state index contributed by atoms with van der Waals surface area (Å²) >= 11 is 0. The zero-order valence-electron chi connectivity index (χ0n) is 19.0. The van der Waals surface area contributed by atoms with Crippen LogP contribution in [-0.4, -0.2) is 42.1 Å². The van der Waals surface area contributed by atoms with E-state index in [0.717, 1.165) is 5.56 Å². The van der Waals surface area contributed by atoms with Crippen LogP contribution in [0.3, 0.4) is 0 Å². The minimum absolute atomic E-state index is 0.0102. The average Bonchev–Trinajstić information content (AvgIpc) is 3.37. The van der Waals surface area contributed by atoms with Crippen molar-refractivity contribution in [2.75, 3.05) is 6.54 Å². The number of rotatable bonds is 10. The zero-order valence-corrected chi connectivity index (χ0v) is 19.0. The fraction of sp³-hybridized carbons (Fsp3) is 0.400. The predicted octanol–water partition coefficient (Wildman–Crippen LogP) is 3.42. The Balaban J connectivity index is 1.65. The van der Waals surface area contributed by atoms with Crippen LogP contribution in [0.4, 0.5) is 13.2 Å². The summed E-state index contributed by atoms with van der Waals surface area (Å²) in [7, 11) is 0. The number of amides is 1. The summed E-state index contributed by atoms with van der Waals surface area (Å²) in [5.41, 5.74) is -1.37. The quantitative estimate of drug-likeness (QED) is 0.494. The minimum Gasteiger partial charge on any atom is -0.461 e. The Hall–Kier alpha value is -3.40. The number of nitrogens with one attached hydrogen (secondary N) is 2. The Morgan fingerprint density at radius 3 is 2.03 bits per heavy atom. The normalized spacial score (nSPS) is 18.5. The molecule has 0 radical (unpaired) electrons. The summed E-state index contributed by atoms with van der Waals surface area (Å²) in [6.45, 7) is -0.106. The van der Waals surface area contributed by atoms with Crippen LogP contribution in [0, 0.1) is 0 Å². The van der Waals surface area contributed by atoms with Crippen molar-refractivity contribution in [2.45, 2.75) is 56.7 Å². The third-order valence-electron chi connectivity index (χ3n) is 5.72. The van der Waals surface area contributed by atoms with E-state index < -0.39 is 42.0 Å². The van der Waals surface area contributed by atoms with Crippen molar-refractivity contribution in [3.63, 3.8) is 0 Å². The summed E-state index contributed by atoms with van der Waals surface area (Å²) in [6.07, 6.45) is -5.73. The van der Waals surface area contributed by atoms with Gasteiger partial charge in [0, 0.05) is 6.42 Å². The van der Waals surface area contributed by atoms with E-state index in [4.69, 9.17) is 9.47 Å². The molecule has 0 saturated carbocycles. The molecule has 7 nitrogen and oxygen atoms in total. The number of esters is 2. The lowest BCUT2D eigenvalue weighted by Gasteiger charge is -2.32. The molecule has 1 fully saturated rings. The topological polar surface area (TPSA) is 93.7 Å². The molecule has 0 unspecified atom stereocenters. The number of hydrogen-bond donors (Lipinski definition) is 2. The fourth-order valence-electron chi connectivity index (χ4n) is 3.74. The van der Waals surface area contributed by atoms with Crippen molar-refractivity contribution < 1.29 is 37.0 Å². The molecule has 2 aromatic rings. The molecule has 2 aromatic carbocycles. The highest BCUT2D eigenvalue weighted by Crippen LogP contribution is 2.37. The van der Waals surface area contributed by atoms with Gasteiger partial charge in [-0.2, -0.15) is 13.2 Å². The monoisotopic (exact) mass is 492 g/mol. The summed E-state index contributed by atoms with van der Waals surface area (Å²) in [5, 5.41) is 4.40. The van der Waals surface area contributed by atoms with E-state index >= 15 is 0 Å². The summed E-state index contributed by atoms with van der Waals surface area (Å²) in [4.78, 5) is 37.7. The van der Waals surface area contributed by atoms with Gasteiger partial charge in [0.2, 0.25) is 5.91 Å². The molecule has 3 rings (SSSR count). The molecule has 0 aliphatic carbocycles. The second kappa shape index (κ2) is 11.8. The van der Waals surface area contributed by atoms with Crippen LogP contribution < -0.4 is 10.6 Å².